The van der Waals surface area contributed by atoms with Gasteiger partial charge in [0.15, 0.2) is 5.69 Å². The summed E-state index contributed by atoms with van der Waals surface area (Å²) in [5.74, 6) is -0.966. The number of amides is 1. The van der Waals surface area contributed by atoms with Crippen LogP contribution < -0.4 is 5.32 Å². The van der Waals surface area contributed by atoms with Gasteiger partial charge in [0.05, 0.1) is 5.69 Å². The van der Waals surface area contributed by atoms with Crippen LogP contribution in [0.4, 0.5) is 0 Å². The fourth-order valence-electron chi connectivity index (χ4n) is 3.37. The fraction of sp³-hybridized carbons (Fsp3) is 0.450. The van der Waals surface area contributed by atoms with Crippen molar-refractivity contribution in [3.05, 3.63) is 46.8 Å². The number of carboxylic acid groups (broad SMARTS) is 1. The van der Waals surface area contributed by atoms with Crippen molar-refractivity contribution in [2.75, 3.05) is 6.54 Å². The number of rotatable bonds is 7. The number of carbonyl (C=O) groups excluding carboxylic acids is 1. The molecule has 1 aliphatic carbocycles. The number of carbonyl (C=O) groups is 2. The Labute approximate surface area is 153 Å². The molecule has 26 heavy (non-hydrogen) atoms. The number of aromatic nitrogens is 2. The van der Waals surface area contributed by atoms with E-state index in [-0.39, 0.29) is 12.3 Å². The molecule has 0 fully saturated rings. The van der Waals surface area contributed by atoms with Crippen molar-refractivity contribution < 1.29 is 14.7 Å². The predicted octanol–water partition coefficient (Wildman–Crippen LogP) is 3.04. The third-order valence-electron chi connectivity index (χ3n) is 4.78. The highest BCUT2D eigenvalue weighted by Gasteiger charge is 2.25. The maximum Gasteiger partial charge on any atom is 0.303 e. The van der Waals surface area contributed by atoms with E-state index in [4.69, 9.17) is 5.11 Å². The van der Waals surface area contributed by atoms with Gasteiger partial charge in [0.1, 0.15) is 0 Å². The molecule has 1 heterocycles. The maximum absolute atomic E-state index is 12.6. The van der Waals surface area contributed by atoms with E-state index < -0.39 is 5.97 Å². The van der Waals surface area contributed by atoms with Crippen LogP contribution in [0.15, 0.2) is 24.3 Å². The molecule has 0 bridgehead atoms. The number of aryl methyl sites for hydroxylation is 1. The molecule has 0 atom stereocenters. The molecule has 0 saturated carbocycles. The molecule has 0 radical (unpaired) electrons. The average Bonchev–Trinajstić information content (AvgIpc) is 3.01. The Bertz CT molecular complexity index is 793. The molecular weight excluding hydrogens is 330 g/mol. The van der Waals surface area contributed by atoms with Gasteiger partial charge in [-0.25, -0.2) is 4.68 Å². The van der Waals surface area contributed by atoms with E-state index >= 15 is 0 Å². The van der Waals surface area contributed by atoms with Crippen molar-refractivity contribution in [2.24, 2.45) is 0 Å². The summed E-state index contributed by atoms with van der Waals surface area (Å²) in [5.41, 5.74) is 4.87. The second kappa shape index (κ2) is 8.17. The summed E-state index contributed by atoms with van der Waals surface area (Å²) in [4.78, 5) is 23.1. The molecule has 3 rings (SSSR count). The van der Waals surface area contributed by atoms with Gasteiger partial charge < -0.3 is 10.4 Å². The summed E-state index contributed by atoms with van der Waals surface area (Å²) >= 11 is 0. The molecule has 2 N–H and O–H groups in total. The Hall–Kier alpha value is -2.63. The zero-order chi connectivity index (χ0) is 18.5. The number of nitrogens with zero attached hydrogens (tertiary/aromatic N) is 2. The van der Waals surface area contributed by atoms with Crippen LogP contribution in [0.3, 0.4) is 0 Å². The van der Waals surface area contributed by atoms with Gasteiger partial charge in [-0.3, -0.25) is 9.59 Å². The Kier molecular flexibility index (Phi) is 5.71. The second-order valence-corrected chi connectivity index (χ2v) is 6.84. The van der Waals surface area contributed by atoms with Crippen molar-refractivity contribution in [2.45, 2.75) is 51.9 Å². The van der Waals surface area contributed by atoms with Gasteiger partial charge in [-0.1, -0.05) is 17.7 Å². The third-order valence-corrected chi connectivity index (χ3v) is 4.78. The minimum atomic E-state index is -0.803. The molecule has 0 aliphatic heterocycles. The van der Waals surface area contributed by atoms with Gasteiger partial charge in [0.25, 0.3) is 5.91 Å². The first-order valence-electron chi connectivity index (χ1n) is 9.24. The Morgan fingerprint density at radius 1 is 1.15 bits per heavy atom. The maximum atomic E-state index is 12.6. The van der Waals surface area contributed by atoms with E-state index in [0.717, 1.165) is 42.6 Å². The first kappa shape index (κ1) is 18.2. The molecule has 2 aromatic rings. The number of unbranched alkanes of at least 4 members (excludes halogenated alkanes) is 1. The Balaban J connectivity index is 1.76. The molecular formula is C20H25N3O3. The molecule has 0 spiro atoms. The summed E-state index contributed by atoms with van der Waals surface area (Å²) in [5, 5.41) is 16.2. The van der Waals surface area contributed by atoms with Crippen LogP contribution in [-0.4, -0.2) is 33.3 Å². The molecule has 1 aromatic carbocycles. The van der Waals surface area contributed by atoms with Crippen molar-refractivity contribution in [1.82, 2.24) is 15.1 Å². The standard InChI is InChI=1S/C20H25N3O3/c1-14-9-11-15(12-10-14)23-17-7-3-2-6-16(17)19(22-23)20(26)21-13-5-4-8-18(24)25/h9-12H,2-8,13H2,1H3,(H,21,26)(H,24,25). The first-order chi connectivity index (χ1) is 12.6. The van der Waals surface area contributed by atoms with E-state index in [1.54, 1.807) is 0 Å². The number of hydrogen-bond donors (Lipinski definition) is 2. The van der Waals surface area contributed by atoms with Crippen molar-refractivity contribution in [3.63, 3.8) is 0 Å². The molecule has 1 amide bonds. The number of benzene rings is 1. The summed E-state index contributed by atoms with van der Waals surface area (Å²) in [6.45, 7) is 2.52. The number of nitrogens with one attached hydrogen (secondary N) is 1. The highest BCUT2D eigenvalue weighted by atomic mass is 16.4. The first-order valence-corrected chi connectivity index (χ1v) is 9.24. The van der Waals surface area contributed by atoms with Crippen LogP contribution in [0.5, 0.6) is 0 Å². The van der Waals surface area contributed by atoms with E-state index in [2.05, 4.69) is 22.5 Å². The Morgan fingerprint density at radius 2 is 1.88 bits per heavy atom. The van der Waals surface area contributed by atoms with E-state index in [1.165, 1.54) is 5.56 Å². The number of hydrogen-bond acceptors (Lipinski definition) is 3. The fourth-order valence-corrected chi connectivity index (χ4v) is 3.37. The van der Waals surface area contributed by atoms with Gasteiger partial charge in [-0.15, -0.1) is 0 Å². The van der Waals surface area contributed by atoms with Crippen LogP contribution in [0.25, 0.3) is 5.69 Å². The van der Waals surface area contributed by atoms with Crippen molar-refractivity contribution in [1.29, 1.82) is 0 Å². The lowest BCUT2D eigenvalue weighted by Crippen LogP contribution is -2.26. The van der Waals surface area contributed by atoms with Crippen molar-refractivity contribution >= 4 is 11.9 Å². The van der Waals surface area contributed by atoms with Crippen LogP contribution in [0, 0.1) is 6.92 Å². The van der Waals surface area contributed by atoms with E-state index in [1.807, 2.05) is 23.7 Å². The minimum absolute atomic E-state index is 0.132. The second-order valence-electron chi connectivity index (χ2n) is 6.84. The predicted molar refractivity (Wildman–Crippen MR) is 98.8 cm³/mol. The van der Waals surface area contributed by atoms with Gasteiger partial charge in [-0.05, 0) is 57.6 Å². The summed E-state index contributed by atoms with van der Waals surface area (Å²) in [6.07, 6.45) is 5.34. The molecule has 6 heteroatoms. The molecule has 0 unspecified atom stereocenters. The van der Waals surface area contributed by atoms with Crippen molar-refractivity contribution in [3.8, 4) is 5.69 Å². The molecule has 6 nitrogen and oxygen atoms in total. The van der Waals surface area contributed by atoms with Gasteiger partial charge in [0, 0.05) is 24.2 Å². The van der Waals surface area contributed by atoms with Gasteiger partial charge in [0.2, 0.25) is 0 Å². The molecule has 1 aromatic heterocycles. The van der Waals surface area contributed by atoms with Crippen LogP contribution in [0.2, 0.25) is 0 Å². The van der Waals surface area contributed by atoms with Crippen LogP contribution in [-0.2, 0) is 17.6 Å². The largest absolute Gasteiger partial charge is 0.481 e. The lowest BCUT2D eigenvalue weighted by molar-refractivity contribution is -0.137. The topological polar surface area (TPSA) is 84.2 Å². The summed E-state index contributed by atoms with van der Waals surface area (Å²) < 4.78 is 1.91. The smallest absolute Gasteiger partial charge is 0.303 e. The zero-order valence-electron chi connectivity index (χ0n) is 15.1. The molecule has 1 aliphatic rings. The number of carboxylic acids is 1. The van der Waals surface area contributed by atoms with E-state index in [9.17, 15) is 9.59 Å². The lowest BCUT2D eigenvalue weighted by atomic mass is 9.95. The summed E-state index contributed by atoms with van der Waals surface area (Å²) in [6, 6.07) is 8.17. The highest BCUT2D eigenvalue weighted by Crippen LogP contribution is 2.27. The molecule has 0 saturated heterocycles. The minimum Gasteiger partial charge on any atom is -0.481 e. The van der Waals surface area contributed by atoms with Crippen LogP contribution in [0.1, 0.15) is 59.4 Å². The quantitative estimate of drug-likeness (QED) is 0.748. The number of aliphatic carboxylic acids is 1. The summed E-state index contributed by atoms with van der Waals surface area (Å²) in [7, 11) is 0. The number of fused-ring (bicyclic) bond motifs is 1. The average molecular weight is 355 g/mol. The van der Waals surface area contributed by atoms with E-state index in [0.29, 0.717) is 25.1 Å². The van der Waals surface area contributed by atoms with Gasteiger partial charge >= 0.3 is 5.97 Å². The molecule has 138 valence electrons. The lowest BCUT2D eigenvalue weighted by Gasteiger charge is -2.14. The third kappa shape index (κ3) is 4.12. The highest BCUT2D eigenvalue weighted by molar-refractivity contribution is 5.94. The zero-order valence-corrected chi connectivity index (χ0v) is 15.1. The monoisotopic (exact) mass is 355 g/mol. The Morgan fingerprint density at radius 3 is 2.62 bits per heavy atom. The SMILES string of the molecule is Cc1ccc(-n2nc(C(=O)NCCCCC(=O)O)c3c2CCCC3)cc1. The van der Waals surface area contributed by atoms with Gasteiger partial charge in [-0.2, -0.15) is 5.10 Å². The normalized spacial score (nSPS) is 13.3. The van der Waals surface area contributed by atoms with Crippen LogP contribution >= 0.6 is 0 Å².